The molecule has 0 aliphatic rings. The van der Waals surface area contributed by atoms with Crippen molar-refractivity contribution >= 4 is 127 Å². The molecule has 0 atom stereocenters. The van der Waals surface area contributed by atoms with E-state index in [4.69, 9.17) is 34.8 Å². The van der Waals surface area contributed by atoms with Crippen LogP contribution in [0.4, 0.5) is 0 Å². The topological polar surface area (TPSA) is 88.6 Å². The molecule has 4 rings (SSSR count). The molecule has 0 radical (unpaired) electrons. The van der Waals surface area contributed by atoms with Gasteiger partial charge in [0, 0.05) is 32.1 Å². The Bertz CT molecular complexity index is 1340. The lowest BCUT2D eigenvalue weighted by Gasteiger charge is -1.99. The normalized spacial score (nSPS) is 10.8. The summed E-state index contributed by atoms with van der Waals surface area (Å²) in [6.07, 6.45) is 3.17. The van der Waals surface area contributed by atoms with E-state index in [1.54, 1.807) is 24.4 Å². The summed E-state index contributed by atoms with van der Waals surface area (Å²) in [5.74, 6) is 0. The molecule has 2 aromatic carbocycles. The molecule has 31 heavy (non-hydrogen) atoms. The third-order valence-electron chi connectivity index (χ3n) is 3.25. The average molecular weight is 691 g/mol. The van der Waals surface area contributed by atoms with Crippen LogP contribution < -0.4 is 5.69 Å². The number of rotatable bonds is 0. The highest BCUT2D eigenvalue weighted by atomic mass is 79.9. The van der Waals surface area contributed by atoms with Gasteiger partial charge in [-0.2, -0.15) is 0 Å². The number of nitrogens with zero attached hydrogens (tertiary/aromatic N) is 3. The lowest BCUT2D eigenvalue weighted by Crippen LogP contribution is -2.08. The molecule has 4 aromatic rings. The third-order valence-corrected chi connectivity index (χ3v) is 5.82. The number of benzene rings is 2. The molecule has 0 amide bonds. The van der Waals surface area contributed by atoms with E-state index in [0.717, 1.165) is 25.2 Å². The summed E-state index contributed by atoms with van der Waals surface area (Å²) in [5.41, 5.74) is 1.06. The molecule has 1 N–H and O–H groups in total. The molecular weight excluding hydrogens is 684 g/mol. The van der Waals surface area contributed by atoms with Crippen molar-refractivity contribution in [2.75, 3.05) is 0 Å². The van der Waals surface area contributed by atoms with Crippen LogP contribution in [0.15, 0.2) is 50.4 Å². The van der Waals surface area contributed by atoms with Crippen LogP contribution in [-0.2, 0) is 4.57 Å². The SMILES string of the molecule is Clc1ncc2cc(Br)c(Cl)cc2n1.O=P(Cl)(Cl)Cl.O=c1ncc2cc(Br)c(Cl)cc2[nH]1. The second-order valence-electron chi connectivity index (χ2n) is 5.40. The Labute approximate surface area is 221 Å². The third kappa shape index (κ3) is 9.32. The molecule has 15 heteroatoms. The molecular formula is C16H7Br2Cl6N4O2P. The quantitative estimate of drug-likeness (QED) is 0.147. The van der Waals surface area contributed by atoms with Crippen LogP contribution in [0.1, 0.15) is 0 Å². The van der Waals surface area contributed by atoms with Gasteiger partial charge in [-0.25, -0.2) is 19.7 Å². The van der Waals surface area contributed by atoms with E-state index in [-0.39, 0.29) is 11.0 Å². The summed E-state index contributed by atoms with van der Waals surface area (Å²) in [4.78, 5) is 24.9. The molecule has 0 aliphatic heterocycles. The Morgan fingerprint density at radius 2 is 1.35 bits per heavy atom. The minimum atomic E-state index is -3.22. The van der Waals surface area contributed by atoms with E-state index in [1.807, 2.05) is 6.07 Å². The monoisotopic (exact) mass is 686 g/mol. The fourth-order valence-electron chi connectivity index (χ4n) is 2.06. The Balaban J connectivity index is 0.000000182. The first-order valence-corrected chi connectivity index (χ1v) is 14.8. The van der Waals surface area contributed by atoms with Gasteiger partial charge in [-0.3, -0.25) is 4.57 Å². The number of nitrogens with one attached hydrogen (secondary N) is 1. The summed E-state index contributed by atoms with van der Waals surface area (Å²) >= 11 is 37.8. The van der Waals surface area contributed by atoms with Gasteiger partial charge in [0.1, 0.15) is 0 Å². The molecule has 0 saturated heterocycles. The summed E-state index contributed by atoms with van der Waals surface area (Å²) in [7, 11) is 0. The number of aromatic nitrogens is 4. The van der Waals surface area contributed by atoms with Gasteiger partial charge in [0.25, 0.3) is 0 Å². The van der Waals surface area contributed by atoms with Crippen LogP contribution in [0.25, 0.3) is 21.8 Å². The summed E-state index contributed by atoms with van der Waals surface area (Å²) in [6.45, 7) is 0. The molecule has 0 spiro atoms. The summed E-state index contributed by atoms with van der Waals surface area (Å²) in [6, 6.07) is 7.09. The summed E-state index contributed by atoms with van der Waals surface area (Å²) < 4.78 is 11.1. The Morgan fingerprint density at radius 3 is 1.97 bits per heavy atom. The molecule has 2 aromatic heterocycles. The van der Waals surface area contributed by atoms with E-state index in [0.29, 0.717) is 15.6 Å². The predicted octanol–water partition coefficient (Wildman–Crippen LogP) is 8.85. The molecule has 0 bridgehead atoms. The number of halogens is 8. The fraction of sp³-hybridized carbons (Fsp3) is 0. The highest BCUT2D eigenvalue weighted by Crippen LogP contribution is 2.61. The van der Waals surface area contributed by atoms with Crippen LogP contribution in [0.5, 0.6) is 0 Å². The van der Waals surface area contributed by atoms with Crippen molar-refractivity contribution in [3.05, 3.63) is 71.4 Å². The van der Waals surface area contributed by atoms with Gasteiger partial charge >= 0.3 is 10.9 Å². The van der Waals surface area contributed by atoms with Gasteiger partial charge in [-0.05, 0) is 101 Å². The highest BCUT2D eigenvalue weighted by molar-refractivity contribution is 9.10. The number of H-pyrrole nitrogens is 1. The van der Waals surface area contributed by atoms with Crippen LogP contribution in [-0.4, -0.2) is 19.9 Å². The highest BCUT2D eigenvalue weighted by Gasteiger charge is 2.03. The molecule has 0 saturated carbocycles. The molecule has 164 valence electrons. The average Bonchev–Trinajstić information content (AvgIpc) is 2.63. The van der Waals surface area contributed by atoms with E-state index in [9.17, 15) is 9.36 Å². The van der Waals surface area contributed by atoms with E-state index >= 15 is 0 Å². The molecule has 2 heterocycles. The molecule has 0 fully saturated rings. The van der Waals surface area contributed by atoms with Crippen molar-refractivity contribution in [2.24, 2.45) is 0 Å². The van der Waals surface area contributed by atoms with Crippen LogP contribution in [0.2, 0.25) is 15.3 Å². The van der Waals surface area contributed by atoms with Gasteiger partial charge < -0.3 is 4.98 Å². The first-order valence-electron chi connectivity index (χ1n) is 7.64. The molecule has 0 unspecified atom stereocenters. The van der Waals surface area contributed by atoms with E-state index in [1.165, 1.54) is 6.20 Å². The predicted molar refractivity (Wildman–Crippen MR) is 137 cm³/mol. The summed E-state index contributed by atoms with van der Waals surface area (Å²) in [5, 5.41) is -0.0703. The minimum Gasteiger partial charge on any atom is -0.305 e. The van der Waals surface area contributed by atoms with Gasteiger partial charge in [0.2, 0.25) is 5.28 Å². The number of aromatic amines is 1. The van der Waals surface area contributed by atoms with Gasteiger partial charge in [-0.1, -0.05) is 23.2 Å². The maximum Gasteiger partial charge on any atom is 0.345 e. The lowest BCUT2D eigenvalue weighted by molar-refractivity contribution is 0.600. The maximum absolute atomic E-state index is 10.9. The van der Waals surface area contributed by atoms with Crippen LogP contribution >= 0.6 is 106 Å². The number of hydrogen-bond acceptors (Lipinski definition) is 5. The zero-order chi connectivity index (χ0) is 23.3. The largest absolute Gasteiger partial charge is 0.345 e. The standard InChI is InChI=1S/C8H3BrCl2N2.C8H4BrClN2O.Cl3OP/c9-5-1-4-3-12-8(11)13-7(4)2-6(5)10;9-5-1-4-3-11-8(13)12-7(4)2-6(5)10;1-5(2,3)4/h1-3H;1-3H,(H,11,12,13);. The van der Waals surface area contributed by atoms with Crippen molar-refractivity contribution in [3.8, 4) is 0 Å². The number of hydrogen-bond donors (Lipinski definition) is 1. The van der Waals surface area contributed by atoms with Gasteiger partial charge in [0.15, 0.2) is 0 Å². The Hall–Kier alpha value is -0.150. The van der Waals surface area contributed by atoms with E-state index < -0.39 is 5.20 Å². The van der Waals surface area contributed by atoms with Gasteiger partial charge in [-0.15, -0.1) is 0 Å². The van der Waals surface area contributed by atoms with Crippen molar-refractivity contribution in [3.63, 3.8) is 0 Å². The molecule has 6 nitrogen and oxygen atoms in total. The van der Waals surface area contributed by atoms with Crippen molar-refractivity contribution < 1.29 is 4.57 Å². The van der Waals surface area contributed by atoms with E-state index in [2.05, 4.69) is 85.5 Å². The first-order chi connectivity index (χ1) is 14.3. The zero-order valence-corrected chi connectivity index (χ0v) is 23.2. The first kappa shape index (κ1) is 27.1. The Morgan fingerprint density at radius 1 is 0.839 bits per heavy atom. The van der Waals surface area contributed by atoms with Crippen molar-refractivity contribution in [1.82, 2.24) is 19.9 Å². The number of fused-ring (bicyclic) bond motifs is 2. The Kier molecular flexibility index (Phi) is 10.3. The second-order valence-corrected chi connectivity index (χ2v) is 14.9. The molecule has 0 aliphatic carbocycles. The van der Waals surface area contributed by atoms with Crippen molar-refractivity contribution in [2.45, 2.75) is 0 Å². The second kappa shape index (κ2) is 11.8. The zero-order valence-electron chi connectivity index (χ0n) is 14.6. The smallest absolute Gasteiger partial charge is 0.305 e. The van der Waals surface area contributed by atoms with Crippen LogP contribution in [0, 0.1) is 0 Å². The fourth-order valence-corrected chi connectivity index (χ4v) is 3.24. The lowest BCUT2D eigenvalue weighted by atomic mass is 10.2. The van der Waals surface area contributed by atoms with Crippen LogP contribution in [0.3, 0.4) is 0 Å². The maximum atomic E-state index is 10.9. The minimum absolute atomic E-state index is 0.228. The van der Waals surface area contributed by atoms with Gasteiger partial charge in [0.05, 0.1) is 21.1 Å². The van der Waals surface area contributed by atoms with Crippen molar-refractivity contribution in [1.29, 1.82) is 0 Å².